The Labute approximate surface area is 150 Å². The third-order valence-corrected chi connectivity index (χ3v) is 3.47. The van der Waals surface area contributed by atoms with Crippen LogP contribution in [0.5, 0.6) is 11.5 Å². The van der Waals surface area contributed by atoms with Gasteiger partial charge in [-0.3, -0.25) is 4.79 Å². The summed E-state index contributed by atoms with van der Waals surface area (Å²) >= 11 is 5.68. The van der Waals surface area contributed by atoms with Crippen LogP contribution in [0.1, 0.15) is 5.56 Å². The van der Waals surface area contributed by atoms with Crippen LogP contribution in [0.2, 0.25) is 5.02 Å². The number of carbonyl (C=O) groups is 1. The number of nitrogens with one attached hydrogen (secondary N) is 1. The van der Waals surface area contributed by atoms with Gasteiger partial charge in [0.2, 0.25) is 5.91 Å². The van der Waals surface area contributed by atoms with Gasteiger partial charge in [-0.05, 0) is 35.9 Å². The maximum atomic E-state index is 13.8. The van der Waals surface area contributed by atoms with Crippen LogP contribution in [0.3, 0.4) is 0 Å². The predicted octanol–water partition coefficient (Wildman–Crippen LogP) is 4.70. The number of hydrogen-bond acceptors (Lipinski definition) is 3. The SMILES string of the molecule is C=CCOc1ccc(/C=C/C(=O)Nc2cccc(Cl)c2F)cc1OC. The Morgan fingerprint density at radius 3 is 2.84 bits per heavy atom. The van der Waals surface area contributed by atoms with Crippen molar-refractivity contribution in [1.29, 1.82) is 0 Å². The maximum Gasteiger partial charge on any atom is 0.248 e. The molecule has 2 aromatic rings. The van der Waals surface area contributed by atoms with Crippen LogP contribution < -0.4 is 14.8 Å². The highest BCUT2D eigenvalue weighted by Crippen LogP contribution is 2.28. The van der Waals surface area contributed by atoms with Crippen LogP contribution in [-0.4, -0.2) is 19.6 Å². The number of halogens is 2. The van der Waals surface area contributed by atoms with E-state index in [-0.39, 0.29) is 10.7 Å². The van der Waals surface area contributed by atoms with Gasteiger partial charge in [-0.1, -0.05) is 36.4 Å². The zero-order valence-electron chi connectivity index (χ0n) is 13.6. The van der Waals surface area contributed by atoms with E-state index in [0.29, 0.717) is 18.1 Å². The van der Waals surface area contributed by atoms with Gasteiger partial charge in [-0.2, -0.15) is 0 Å². The van der Waals surface area contributed by atoms with Crippen molar-refractivity contribution in [1.82, 2.24) is 0 Å². The molecule has 0 aliphatic carbocycles. The first-order chi connectivity index (χ1) is 12.0. The van der Waals surface area contributed by atoms with E-state index in [1.165, 1.54) is 25.3 Å². The molecule has 0 saturated carbocycles. The Morgan fingerprint density at radius 1 is 1.32 bits per heavy atom. The summed E-state index contributed by atoms with van der Waals surface area (Å²) in [6.45, 7) is 3.95. The number of carbonyl (C=O) groups excluding carboxylic acids is 1. The van der Waals surface area contributed by atoms with Gasteiger partial charge in [0, 0.05) is 6.08 Å². The number of anilines is 1. The standard InChI is InChI=1S/C19H17ClFNO3/c1-3-11-25-16-9-7-13(12-17(16)24-2)8-10-18(23)22-15-6-4-5-14(20)19(15)21/h3-10,12H,1,11H2,2H3,(H,22,23)/b10-8+. The van der Waals surface area contributed by atoms with Crippen molar-refractivity contribution in [3.63, 3.8) is 0 Å². The second-order valence-corrected chi connectivity index (χ2v) is 5.34. The molecule has 0 unspecified atom stereocenters. The molecular formula is C19H17ClFNO3. The molecule has 0 heterocycles. The number of benzene rings is 2. The molecule has 2 rings (SSSR count). The molecule has 1 amide bonds. The molecule has 0 aliphatic rings. The molecule has 6 heteroatoms. The van der Waals surface area contributed by atoms with E-state index in [9.17, 15) is 9.18 Å². The van der Waals surface area contributed by atoms with Crippen molar-refractivity contribution < 1.29 is 18.7 Å². The maximum absolute atomic E-state index is 13.8. The fourth-order valence-electron chi connectivity index (χ4n) is 2.00. The van der Waals surface area contributed by atoms with E-state index in [1.807, 2.05) is 0 Å². The summed E-state index contributed by atoms with van der Waals surface area (Å²) in [6, 6.07) is 9.62. The molecule has 0 aliphatic heterocycles. The van der Waals surface area contributed by atoms with E-state index in [0.717, 1.165) is 5.56 Å². The summed E-state index contributed by atoms with van der Waals surface area (Å²) in [5.41, 5.74) is 0.748. The Morgan fingerprint density at radius 2 is 2.12 bits per heavy atom. The van der Waals surface area contributed by atoms with Crippen molar-refractivity contribution in [2.45, 2.75) is 0 Å². The second-order valence-electron chi connectivity index (χ2n) is 4.93. The summed E-state index contributed by atoms with van der Waals surface area (Å²) in [5, 5.41) is 2.38. The zero-order valence-corrected chi connectivity index (χ0v) is 14.3. The topological polar surface area (TPSA) is 47.6 Å². The molecule has 0 atom stereocenters. The summed E-state index contributed by atoms with van der Waals surface area (Å²) in [5.74, 6) is -0.0429. The van der Waals surface area contributed by atoms with E-state index in [2.05, 4.69) is 11.9 Å². The molecule has 0 bridgehead atoms. The number of rotatable bonds is 7. The van der Waals surface area contributed by atoms with Crippen molar-refractivity contribution in [2.24, 2.45) is 0 Å². The third kappa shape index (κ3) is 5.09. The Balaban J connectivity index is 2.09. The first-order valence-electron chi connectivity index (χ1n) is 7.40. The highest BCUT2D eigenvalue weighted by molar-refractivity contribution is 6.31. The fourth-order valence-corrected chi connectivity index (χ4v) is 2.18. The van der Waals surface area contributed by atoms with Gasteiger partial charge < -0.3 is 14.8 Å². The number of ether oxygens (including phenoxy) is 2. The third-order valence-electron chi connectivity index (χ3n) is 3.18. The Bertz CT molecular complexity index is 805. The minimum Gasteiger partial charge on any atom is -0.493 e. The van der Waals surface area contributed by atoms with E-state index in [4.69, 9.17) is 21.1 Å². The average molecular weight is 362 g/mol. The Kier molecular flexibility index (Phi) is 6.60. The van der Waals surface area contributed by atoms with Crippen LogP contribution in [0.15, 0.2) is 55.1 Å². The first-order valence-corrected chi connectivity index (χ1v) is 7.77. The summed E-state index contributed by atoms with van der Waals surface area (Å²) < 4.78 is 24.5. The quantitative estimate of drug-likeness (QED) is 0.574. The molecule has 0 fully saturated rings. The molecule has 4 nitrogen and oxygen atoms in total. The molecule has 0 saturated heterocycles. The largest absolute Gasteiger partial charge is 0.493 e. The average Bonchev–Trinajstić information content (AvgIpc) is 2.62. The highest BCUT2D eigenvalue weighted by atomic mass is 35.5. The monoisotopic (exact) mass is 361 g/mol. The van der Waals surface area contributed by atoms with Crippen LogP contribution in [0.4, 0.5) is 10.1 Å². The zero-order chi connectivity index (χ0) is 18.2. The van der Waals surface area contributed by atoms with E-state index in [1.54, 1.807) is 36.4 Å². The van der Waals surface area contributed by atoms with Crippen LogP contribution in [0.25, 0.3) is 6.08 Å². The van der Waals surface area contributed by atoms with Gasteiger partial charge in [0.25, 0.3) is 0 Å². The lowest BCUT2D eigenvalue weighted by Gasteiger charge is -2.09. The lowest BCUT2D eigenvalue weighted by atomic mass is 10.2. The van der Waals surface area contributed by atoms with Crippen LogP contribution in [0, 0.1) is 5.82 Å². The molecule has 0 aromatic heterocycles. The molecular weight excluding hydrogens is 345 g/mol. The predicted molar refractivity (Wildman–Crippen MR) is 97.8 cm³/mol. The van der Waals surface area contributed by atoms with Crippen molar-refractivity contribution in [3.05, 3.63) is 71.5 Å². The van der Waals surface area contributed by atoms with Crippen LogP contribution in [-0.2, 0) is 4.79 Å². The van der Waals surface area contributed by atoms with Gasteiger partial charge in [-0.25, -0.2) is 4.39 Å². The number of methoxy groups -OCH3 is 1. The van der Waals surface area contributed by atoms with Crippen molar-refractivity contribution in [2.75, 3.05) is 19.0 Å². The van der Waals surface area contributed by atoms with Crippen molar-refractivity contribution in [3.8, 4) is 11.5 Å². The van der Waals surface area contributed by atoms with E-state index < -0.39 is 11.7 Å². The fraction of sp³-hybridized carbons (Fsp3) is 0.105. The van der Waals surface area contributed by atoms with Crippen LogP contribution >= 0.6 is 11.6 Å². The van der Waals surface area contributed by atoms with Gasteiger partial charge >= 0.3 is 0 Å². The normalized spacial score (nSPS) is 10.5. The number of hydrogen-bond donors (Lipinski definition) is 1. The lowest BCUT2D eigenvalue weighted by molar-refractivity contribution is -0.111. The lowest BCUT2D eigenvalue weighted by Crippen LogP contribution is -2.09. The van der Waals surface area contributed by atoms with Gasteiger partial charge in [0.1, 0.15) is 6.61 Å². The summed E-state index contributed by atoms with van der Waals surface area (Å²) in [4.78, 5) is 11.9. The molecule has 1 N–H and O–H groups in total. The second kappa shape index (κ2) is 8.89. The summed E-state index contributed by atoms with van der Waals surface area (Å²) in [7, 11) is 1.53. The smallest absolute Gasteiger partial charge is 0.248 e. The van der Waals surface area contributed by atoms with Gasteiger partial charge in [0.15, 0.2) is 17.3 Å². The molecule has 2 aromatic carbocycles. The molecule has 0 spiro atoms. The van der Waals surface area contributed by atoms with Crippen molar-refractivity contribution >= 4 is 29.3 Å². The molecule has 25 heavy (non-hydrogen) atoms. The Hall–Kier alpha value is -2.79. The number of amides is 1. The molecule has 0 radical (unpaired) electrons. The molecule has 130 valence electrons. The minimum atomic E-state index is -0.670. The van der Waals surface area contributed by atoms with E-state index >= 15 is 0 Å². The first kappa shape index (κ1) is 18.5. The minimum absolute atomic E-state index is 0.0212. The van der Waals surface area contributed by atoms with Gasteiger partial charge in [-0.15, -0.1) is 0 Å². The summed E-state index contributed by atoms with van der Waals surface area (Å²) in [6.07, 6.45) is 4.50. The van der Waals surface area contributed by atoms with Gasteiger partial charge in [0.05, 0.1) is 17.8 Å². The highest BCUT2D eigenvalue weighted by Gasteiger charge is 2.08.